The number of hydrogen-bond donors (Lipinski definition) is 2. The summed E-state index contributed by atoms with van der Waals surface area (Å²) in [5.41, 5.74) is 4.23. The largest absolute Gasteiger partial charge is 0.452 e. The molecule has 0 heterocycles. The Bertz CT molecular complexity index is 147. The molecule has 0 spiro atoms. The molecule has 0 aliphatic rings. The molecule has 64 valence electrons. The van der Waals surface area contributed by atoms with Crippen molar-refractivity contribution in [3.8, 4) is 0 Å². The van der Waals surface area contributed by atoms with Gasteiger partial charge < -0.3 is 4.74 Å². The van der Waals surface area contributed by atoms with Crippen molar-refractivity contribution in [3.63, 3.8) is 0 Å². The lowest BCUT2D eigenvalue weighted by molar-refractivity contribution is -0.121. The molecule has 0 bridgehead atoms. The van der Waals surface area contributed by atoms with Crippen molar-refractivity contribution < 1.29 is 14.3 Å². The summed E-state index contributed by atoms with van der Waals surface area (Å²) in [6, 6.07) is 0. The first-order valence-corrected chi connectivity index (χ1v) is 3.33. The third kappa shape index (κ3) is 5.20. The molecule has 0 aromatic carbocycles. The van der Waals surface area contributed by atoms with Crippen LogP contribution in [-0.4, -0.2) is 19.1 Å². The van der Waals surface area contributed by atoms with Crippen molar-refractivity contribution in [1.29, 1.82) is 0 Å². The van der Waals surface area contributed by atoms with Crippen molar-refractivity contribution in [2.45, 2.75) is 19.8 Å². The van der Waals surface area contributed by atoms with E-state index in [2.05, 4.69) is 15.6 Å². The predicted molar refractivity (Wildman–Crippen MR) is 38.6 cm³/mol. The van der Waals surface area contributed by atoms with Crippen molar-refractivity contribution in [3.05, 3.63) is 0 Å². The normalized spacial score (nSPS) is 8.55. The van der Waals surface area contributed by atoms with E-state index in [1.807, 2.05) is 6.92 Å². The van der Waals surface area contributed by atoms with Crippen LogP contribution in [0.4, 0.5) is 4.79 Å². The molecule has 0 fully saturated rings. The molecule has 0 aliphatic heterocycles. The minimum Gasteiger partial charge on any atom is -0.452 e. The molecular formula is C6H12N2O3. The van der Waals surface area contributed by atoms with Crippen LogP contribution in [-0.2, 0) is 9.53 Å². The number of nitrogens with one attached hydrogen (secondary N) is 2. The van der Waals surface area contributed by atoms with E-state index in [0.717, 1.165) is 6.42 Å². The van der Waals surface area contributed by atoms with E-state index in [1.54, 1.807) is 0 Å². The average Bonchev–Trinajstić information content (AvgIpc) is 2.01. The fraction of sp³-hybridized carbons (Fsp3) is 0.667. The lowest BCUT2D eigenvalue weighted by atomic mass is 10.3. The maximum atomic E-state index is 10.7. The summed E-state index contributed by atoms with van der Waals surface area (Å²) in [6.45, 7) is 1.87. The van der Waals surface area contributed by atoms with Gasteiger partial charge in [-0.15, -0.1) is 0 Å². The molecular weight excluding hydrogens is 148 g/mol. The van der Waals surface area contributed by atoms with E-state index >= 15 is 0 Å². The van der Waals surface area contributed by atoms with E-state index in [-0.39, 0.29) is 5.91 Å². The van der Waals surface area contributed by atoms with Crippen molar-refractivity contribution in [1.82, 2.24) is 10.9 Å². The van der Waals surface area contributed by atoms with Gasteiger partial charge in [0.2, 0.25) is 5.91 Å². The van der Waals surface area contributed by atoms with Gasteiger partial charge in [0.25, 0.3) is 0 Å². The van der Waals surface area contributed by atoms with Crippen molar-refractivity contribution >= 4 is 12.0 Å². The quantitative estimate of drug-likeness (QED) is 0.566. The molecule has 0 atom stereocenters. The van der Waals surface area contributed by atoms with Gasteiger partial charge in [-0.1, -0.05) is 6.92 Å². The van der Waals surface area contributed by atoms with Gasteiger partial charge in [0.1, 0.15) is 0 Å². The van der Waals surface area contributed by atoms with Gasteiger partial charge in [0, 0.05) is 6.42 Å². The number of carbonyl (C=O) groups is 2. The van der Waals surface area contributed by atoms with Gasteiger partial charge in [-0.2, -0.15) is 0 Å². The Balaban J connectivity index is 3.38. The zero-order valence-corrected chi connectivity index (χ0v) is 6.64. The lowest BCUT2D eigenvalue weighted by Crippen LogP contribution is -2.41. The molecule has 2 amide bonds. The number of methoxy groups -OCH3 is 1. The van der Waals surface area contributed by atoms with Crippen LogP contribution in [0.25, 0.3) is 0 Å². The van der Waals surface area contributed by atoms with Crippen molar-refractivity contribution in [2.75, 3.05) is 7.11 Å². The summed E-state index contributed by atoms with van der Waals surface area (Å²) in [5.74, 6) is -0.224. The first-order valence-electron chi connectivity index (χ1n) is 3.33. The molecule has 2 N–H and O–H groups in total. The Kier molecular flexibility index (Phi) is 4.89. The maximum absolute atomic E-state index is 10.7. The molecule has 0 aromatic heterocycles. The number of carbonyl (C=O) groups excluding carboxylic acids is 2. The number of hydrogen-bond acceptors (Lipinski definition) is 3. The highest BCUT2D eigenvalue weighted by molar-refractivity contribution is 5.78. The van der Waals surface area contributed by atoms with E-state index in [9.17, 15) is 9.59 Å². The topological polar surface area (TPSA) is 67.4 Å². The van der Waals surface area contributed by atoms with Crippen LogP contribution in [0.2, 0.25) is 0 Å². The third-order valence-corrected chi connectivity index (χ3v) is 0.966. The fourth-order valence-electron chi connectivity index (χ4n) is 0.461. The predicted octanol–water partition coefficient (Wildman–Crippen LogP) is 0.174. The van der Waals surface area contributed by atoms with Crippen LogP contribution in [0.5, 0.6) is 0 Å². The molecule has 0 aliphatic carbocycles. The molecule has 0 rings (SSSR count). The lowest BCUT2D eigenvalue weighted by Gasteiger charge is -2.03. The molecule has 0 radical (unpaired) electrons. The number of hydrazine groups is 1. The van der Waals surface area contributed by atoms with Crippen LogP contribution in [0.3, 0.4) is 0 Å². The zero-order chi connectivity index (χ0) is 8.69. The smallest absolute Gasteiger partial charge is 0.425 e. The Morgan fingerprint density at radius 1 is 1.36 bits per heavy atom. The molecule has 5 nitrogen and oxygen atoms in total. The van der Waals surface area contributed by atoms with E-state index in [4.69, 9.17) is 0 Å². The van der Waals surface area contributed by atoms with Crippen LogP contribution in [0, 0.1) is 0 Å². The molecule has 0 unspecified atom stereocenters. The maximum Gasteiger partial charge on any atom is 0.425 e. The van der Waals surface area contributed by atoms with Gasteiger partial charge >= 0.3 is 6.09 Å². The highest BCUT2D eigenvalue weighted by atomic mass is 16.5. The number of amides is 2. The Hall–Kier alpha value is -1.26. The Morgan fingerprint density at radius 2 is 2.00 bits per heavy atom. The molecule has 0 aromatic rings. The Labute approximate surface area is 65.1 Å². The van der Waals surface area contributed by atoms with E-state index in [1.165, 1.54) is 7.11 Å². The summed E-state index contributed by atoms with van der Waals surface area (Å²) < 4.78 is 4.21. The highest BCUT2D eigenvalue weighted by Crippen LogP contribution is 1.83. The molecule has 5 heteroatoms. The van der Waals surface area contributed by atoms with Crippen LogP contribution in [0.1, 0.15) is 19.8 Å². The zero-order valence-electron chi connectivity index (χ0n) is 6.64. The summed E-state index contributed by atoms with van der Waals surface area (Å²) in [6.07, 6.45) is 0.466. The highest BCUT2D eigenvalue weighted by Gasteiger charge is 2.00. The first kappa shape index (κ1) is 9.74. The number of ether oxygens (including phenoxy) is 1. The van der Waals surface area contributed by atoms with Crippen molar-refractivity contribution in [2.24, 2.45) is 0 Å². The van der Waals surface area contributed by atoms with Crippen LogP contribution >= 0.6 is 0 Å². The van der Waals surface area contributed by atoms with E-state index < -0.39 is 6.09 Å². The standard InChI is InChI=1S/C6H12N2O3/c1-3-4-5(9)7-8-6(10)11-2/h3-4H2,1-2H3,(H,7,9)(H,8,10). The molecule has 0 saturated carbocycles. The Morgan fingerprint density at radius 3 is 2.45 bits per heavy atom. The van der Waals surface area contributed by atoms with Gasteiger partial charge in [-0.05, 0) is 6.42 Å². The molecule has 0 saturated heterocycles. The van der Waals surface area contributed by atoms with Gasteiger partial charge in [-0.3, -0.25) is 10.2 Å². The third-order valence-electron chi connectivity index (χ3n) is 0.966. The SMILES string of the molecule is CCCC(=O)NNC(=O)OC. The van der Waals surface area contributed by atoms with Crippen LogP contribution in [0.15, 0.2) is 0 Å². The second kappa shape index (κ2) is 5.52. The number of rotatable bonds is 2. The second-order valence-corrected chi connectivity index (χ2v) is 1.91. The second-order valence-electron chi connectivity index (χ2n) is 1.91. The first-order chi connectivity index (χ1) is 5.20. The summed E-state index contributed by atoms with van der Waals surface area (Å²) in [4.78, 5) is 21.1. The monoisotopic (exact) mass is 160 g/mol. The minimum atomic E-state index is -0.672. The molecule has 11 heavy (non-hydrogen) atoms. The minimum absolute atomic E-state index is 0.224. The summed E-state index contributed by atoms with van der Waals surface area (Å²) in [7, 11) is 1.22. The van der Waals surface area contributed by atoms with Gasteiger partial charge in [-0.25, -0.2) is 10.2 Å². The summed E-state index contributed by atoms with van der Waals surface area (Å²) >= 11 is 0. The fourth-order valence-corrected chi connectivity index (χ4v) is 0.461. The summed E-state index contributed by atoms with van der Waals surface area (Å²) in [5, 5.41) is 0. The van der Waals surface area contributed by atoms with E-state index in [0.29, 0.717) is 6.42 Å². The van der Waals surface area contributed by atoms with Gasteiger partial charge in [0.05, 0.1) is 7.11 Å². The van der Waals surface area contributed by atoms with Crippen LogP contribution < -0.4 is 10.9 Å². The van der Waals surface area contributed by atoms with Gasteiger partial charge in [0.15, 0.2) is 0 Å². The average molecular weight is 160 g/mol.